The molecule has 4 heteroatoms. The summed E-state index contributed by atoms with van der Waals surface area (Å²) < 4.78 is 3.55. The minimum absolute atomic E-state index is 0.0862. The second kappa shape index (κ2) is 3.19. The molecule has 80 valence electrons. The van der Waals surface area contributed by atoms with Crippen LogP contribution in [0.3, 0.4) is 0 Å². The molecule has 0 aliphatic rings. The maximum absolute atomic E-state index is 11.8. The zero-order valence-corrected chi connectivity index (χ0v) is 9.59. The summed E-state index contributed by atoms with van der Waals surface area (Å²) in [6, 6.07) is 0. The van der Waals surface area contributed by atoms with Crippen LogP contribution in [0.2, 0.25) is 0 Å². The summed E-state index contributed by atoms with van der Waals surface area (Å²) in [6.45, 7) is 7.98. The van der Waals surface area contributed by atoms with Gasteiger partial charge in [-0.05, 0) is 27.2 Å². The van der Waals surface area contributed by atoms with Crippen molar-refractivity contribution in [2.45, 2.75) is 39.7 Å². The average Bonchev–Trinajstić information content (AvgIpc) is 2.22. The third-order valence-electron chi connectivity index (χ3n) is 2.39. The Hall–Kier alpha value is -1.19. The summed E-state index contributed by atoms with van der Waals surface area (Å²) in [5, 5.41) is 0. The second-order valence-corrected chi connectivity index (χ2v) is 4.53. The lowest BCUT2D eigenvalue weighted by atomic mass is 10.1. The van der Waals surface area contributed by atoms with Crippen LogP contribution in [0.5, 0.6) is 0 Å². The van der Waals surface area contributed by atoms with Gasteiger partial charge < -0.3 is 5.73 Å². The van der Waals surface area contributed by atoms with Crippen molar-refractivity contribution in [3.05, 3.63) is 16.0 Å². The van der Waals surface area contributed by atoms with Crippen LogP contribution in [0.25, 0.3) is 0 Å². The smallest absolute Gasteiger partial charge is 0.290 e. The van der Waals surface area contributed by atoms with Gasteiger partial charge in [-0.15, -0.1) is 0 Å². The van der Waals surface area contributed by atoms with Crippen LogP contribution in [-0.2, 0) is 19.0 Å². The molecule has 2 N–H and O–H groups in total. The van der Waals surface area contributed by atoms with Crippen molar-refractivity contribution in [3.8, 4) is 0 Å². The first-order valence-corrected chi connectivity index (χ1v) is 4.87. The highest BCUT2D eigenvalue weighted by Crippen LogP contribution is 2.16. The highest BCUT2D eigenvalue weighted by atomic mass is 16.1. The summed E-state index contributed by atoms with van der Waals surface area (Å²) in [7, 11) is 1.88. The second-order valence-electron chi connectivity index (χ2n) is 4.53. The molecule has 0 bridgehead atoms. The third-order valence-corrected chi connectivity index (χ3v) is 2.39. The molecule has 0 fully saturated rings. The molecule has 0 radical (unpaired) electrons. The fourth-order valence-electron chi connectivity index (χ4n) is 1.84. The first-order chi connectivity index (χ1) is 6.30. The number of hydrogen-bond donors (Lipinski definition) is 1. The van der Waals surface area contributed by atoms with Crippen molar-refractivity contribution in [2.75, 3.05) is 5.73 Å². The van der Waals surface area contributed by atoms with E-state index >= 15 is 0 Å². The number of anilines is 1. The highest BCUT2D eigenvalue weighted by Gasteiger charge is 2.22. The number of aromatic nitrogens is 2. The van der Waals surface area contributed by atoms with E-state index in [1.54, 1.807) is 4.68 Å². The Morgan fingerprint density at radius 3 is 2.07 bits per heavy atom. The molecule has 0 aromatic carbocycles. The fraction of sp³-hybridized carbons (Fsp3) is 0.700. The Kier molecular flexibility index (Phi) is 2.48. The first-order valence-electron chi connectivity index (χ1n) is 4.87. The van der Waals surface area contributed by atoms with Crippen molar-refractivity contribution >= 4 is 5.69 Å². The summed E-state index contributed by atoms with van der Waals surface area (Å²) in [5.74, 6) is 0. The van der Waals surface area contributed by atoms with Gasteiger partial charge in [-0.25, -0.2) is 4.68 Å². The molecule has 0 aliphatic carbocycles. The molecular formula is C10H19N3O. The topological polar surface area (TPSA) is 53.0 Å². The van der Waals surface area contributed by atoms with Crippen LogP contribution in [0, 0.1) is 0 Å². The summed E-state index contributed by atoms with van der Waals surface area (Å²) in [4.78, 5) is 11.8. The van der Waals surface area contributed by atoms with E-state index in [4.69, 9.17) is 5.73 Å². The van der Waals surface area contributed by atoms with Crippen LogP contribution in [0.15, 0.2) is 4.79 Å². The van der Waals surface area contributed by atoms with E-state index in [1.807, 2.05) is 39.4 Å². The van der Waals surface area contributed by atoms with E-state index in [2.05, 4.69) is 0 Å². The van der Waals surface area contributed by atoms with E-state index in [0.29, 0.717) is 5.69 Å². The van der Waals surface area contributed by atoms with Gasteiger partial charge >= 0.3 is 0 Å². The van der Waals surface area contributed by atoms with Gasteiger partial charge in [0.2, 0.25) is 0 Å². The standard InChI is InChI=1S/C10H19N3O/c1-6-7-8(11)9(14)13(12(7)5)10(2,3)4/h6,11H2,1-5H3. The largest absolute Gasteiger partial charge is 0.393 e. The van der Waals surface area contributed by atoms with Gasteiger partial charge in [0.25, 0.3) is 5.56 Å². The van der Waals surface area contributed by atoms with Crippen LogP contribution in [-0.4, -0.2) is 9.36 Å². The molecule has 4 nitrogen and oxygen atoms in total. The molecule has 1 aromatic heterocycles. The van der Waals surface area contributed by atoms with Crippen LogP contribution in [0.4, 0.5) is 5.69 Å². The number of rotatable bonds is 1. The van der Waals surface area contributed by atoms with Crippen molar-refractivity contribution in [1.29, 1.82) is 0 Å². The van der Waals surface area contributed by atoms with E-state index in [-0.39, 0.29) is 11.1 Å². The number of nitrogens with zero attached hydrogens (tertiary/aromatic N) is 2. The molecule has 0 unspecified atom stereocenters. The summed E-state index contributed by atoms with van der Waals surface area (Å²) in [5.41, 5.74) is 6.73. The molecule has 1 rings (SSSR count). The maximum atomic E-state index is 11.8. The van der Waals surface area contributed by atoms with E-state index in [0.717, 1.165) is 12.1 Å². The number of nitrogen functional groups attached to an aromatic ring is 1. The van der Waals surface area contributed by atoms with E-state index in [9.17, 15) is 4.79 Å². The van der Waals surface area contributed by atoms with Gasteiger partial charge in [-0.1, -0.05) is 6.92 Å². The molecule has 0 spiro atoms. The highest BCUT2D eigenvalue weighted by molar-refractivity contribution is 5.41. The molecule has 0 saturated heterocycles. The Morgan fingerprint density at radius 2 is 1.86 bits per heavy atom. The molecular weight excluding hydrogens is 178 g/mol. The van der Waals surface area contributed by atoms with Crippen LogP contribution in [0.1, 0.15) is 33.4 Å². The van der Waals surface area contributed by atoms with E-state index in [1.165, 1.54) is 0 Å². The lowest BCUT2D eigenvalue weighted by molar-refractivity contribution is 0.298. The number of nitrogens with two attached hydrogens (primary N) is 1. The predicted molar refractivity (Wildman–Crippen MR) is 58.5 cm³/mol. The van der Waals surface area contributed by atoms with Gasteiger partial charge in [-0.2, -0.15) is 0 Å². The SMILES string of the molecule is CCc1c(N)c(=O)n(C(C)(C)C)n1C. The predicted octanol–water partition coefficient (Wildman–Crippen LogP) is 1.09. The van der Waals surface area contributed by atoms with Crippen molar-refractivity contribution < 1.29 is 0 Å². The normalized spacial score (nSPS) is 12.1. The zero-order chi connectivity index (χ0) is 11.1. The molecule has 0 saturated carbocycles. The monoisotopic (exact) mass is 197 g/mol. The lowest BCUT2D eigenvalue weighted by Crippen LogP contribution is -2.36. The Labute approximate surface area is 84.3 Å². The minimum Gasteiger partial charge on any atom is -0.393 e. The van der Waals surface area contributed by atoms with Crippen LogP contribution < -0.4 is 11.3 Å². The summed E-state index contributed by atoms with van der Waals surface area (Å²) in [6.07, 6.45) is 0.778. The molecule has 1 heterocycles. The third kappa shape index (κ3) is 1.45. The molecule has 14 heavy (non-hydrogen) atoms. The van der Waals surface area contributed by atoms with Crippen molar-refractivity contribution in [2.24, 2.45) is 7.05 Å². The molecule has 0 atom stereocenters. The fourth-order valence-corrected chi connectivity index (χ4v) is 1.84. The number of hydrogen-bond acceptors (Lipinski definition) is 2. The van der Waals surface area contributed by atoms with Crippen LogP contribution >= 0.6 is 0 Å². The molecule has 0 aliphatic heterocycles. The maximum Gasteiger partial charge on any atom is 0.290 e. The summed E-state index contributed by atoms with van der Waals surface area (Å²) >= 11 is 0. The minimum atomic E-state index is -0.229. The Bertz CT molecular complexity index is 393. The quantitative estimate of drug-likeness (QED) is 0.732. The van der Waals surface area contributed by atoms with Gasteiger partial charge in [0.1, 0.15) is 5.69 Å². The van der Waals surface area contributed by atoms with Gasteiger partial charge in [0.05, 0.1) is 11.2 Å². The zero-order valence-electron chi connectivity index (χ0n) is 9.59. The van der Waals surface area contributed by atoms with Crippen molar-refractivity contribution in [1.82, 2.24) is 9.36 Å². The van der Waals surface area contributed by atoms with Gasteiger partial charge in [-0.3, -0.25) is 9.48 Å². The lowest BCUT2D eigenvalue weighted by Gasteiger charge is -2.23. The average molecular weight is 197 g/mol. The molecule has 0 amide bonds. The van der Waals surface area contributed by atoms with Gasteiger partial charge in [0.15, 0.2) is 0 Å². The first kappa shape index (κ1) is 10.9. The molecule has 1 aromatic rings. The van der Waals surface area contributed by atoms with Crippen molar-refractivity contribution in [3.63, 3.8) is 0 Å². The van der Waals surface area contributed by atoms with Gasteiger partial charge in [0, 0.05) is 7.05 Å². The Morgan fingerprint density at radius 1 is 1.36 bits per heavy atom. The van der Waals surface area contributed by atoms with E-state index < -0.39 is 0 Å². The Balaban J connectivity index is 3.55.